The fourth-order valence-electron chi connectivity index (χ4n) is 2.40. The van der Waals surface area contributed by atoms with Crippen LogP contribution in [0.25, 0.3) is 10.4 Å². The van der Waals surface area contributed by atoms with E-state index in [1.54, 1.807) is 25.4 Å². The van der Waals surface area contributed by atoms with Crippen molar-refractivity contribution in [2.24, 2.45) is 0 Å². The molecule has 0 aliphatic rings. The van der Waals surface area contributed by atoms with E-state index in [0.29, 0.717) is 4.21 Å². The quantitative estimate of drug-likeness (QED) is 0.718. The topological polar surface area (TPSA) is 69.3 Å². The van der Waals surface area contributed by atoms with Crippen LogP contribution in [0.5, 0.6) is 0 Å². The summed E-state index contributed by atoms with van der Waals surface area (Å²) in [6, 6.07) is 13.3. The van der Waals surface area contributed by atoms with Gasteiger partial charge >= 0.3 is 0 Å². The second-order valence-electron chi connectivity index (χ2n) is 5.91. The first-order chi connectivity index (χ1) is 11.9. The number of sulfonamides is 1. The number of aromatic amines is 1. The van der Waals surface area contributed by atoms with E-state index in [4.69, 9.17) is 0 Å². The number of H-pyrrole nitrogens is 1. The zero-order chi connectivity index (χ0) is 18.0. The number of hydrogen-bond acceptors (Lipinski definition) is 5. The van der Waals surface area contributed by atoms with E-state index in [0.717, 1.165) is 21.8 Å². The minimum atomic E-state index is -3.54. The van der Waals surface area contributed by atoms with Gasteiger partial charge in [0.05, 0.1) is 12.2 Å². The van der Waals surface area contributed by atoms with Gasteiger partial charge in [-0.15, -0.1) is 11.3 Å². The summed E-state index contributed by atoms with van der Waals surface area (Å²) in [7, 11) is 2.00. The summed E-state index contributed by atoms with van der Waals surface area (Å²) in [5, 5.41) is 6.63. The minimum Gasteiger partial charge on any atom is -0.378 e. The van der Waals surface area contributed by atoms with E-state index in [9.17, 15) is 8.42 Å². The molecule has 0 amide bonds. The summed E-state index contributed by atoms with van der Waals surface area (Å²) in [5.74, 6) is 0. The lowest BCUT2D eigenvalue weighted by molar-refractivity contribution is 0.463. The summed E-state index contributed by atoms with van der Waals surface area (Å²) in [5.41, 5.74) is 2.84. The van der Waals surface area contributed by atoms with Crippen LogP contribution in [0.4, 0.5) is 5.69 Å². The van der Waals surface area contributed by atoms with Crippen LogP contribution in [0.1, 0.15) is 5.69 Å². The Hall–Kier alpha value is -2.16. The van der Waals surface area contributed by atoms with Gasteiger partial charge in [0.25, 0.3) is 10.0 Å². The van der Waals surface area contributed by atoms with Crippen molar-refractivity contribution in [3.63, 3.8) is 0 Å². The molecule has 2 heterocycles. The molecule has 6 nitrogen and oxygen atoms in total. The lowest BCUT2D eigenvalue weighted by Gasteiger charge is -2.15. The van der Waals surface area contributed by atoms with Crippen molar-refractivity contribution in [2.75, 3.05) is 26.0 Å². The first kappa shape index (κ1) is 17.7. The normalized spacial score (nSPS) is 11.8. The highest BCUT2D eigenvalue weighted by molar-refractivity contribution is 7.91. The van der Waals surface area contributed by atoms with Crippen molar-refractivity contribution in [1.82, 2.24) is 14.5 Å². The van der Waals surface area contributed by atoms with Crippen LogP contribution in [-0.2, 0) is 16.6 Å². The zero-order valence-electron chi connectivity index (χ0n) is 14.3. The number of thiophene rings is 1. The second-order valence-corrected chi connectivity index (χ2v) is 9.26. The maximum absolute atomic E-state index is 12.8. The third-order valence-electron chi connectivity index (χ3n) is 3.84. The largest absolute Gasteiger partial charge is 0.378 e. The maximum Gasteiger partial charge on any atom is 0.252 e. The van der Waals surface area contributed by atoms with Crippen molar-refractivity contribution in [1.29, 1.82) is 0 Å². The first-order valence-electron chi connectivity index (χ1n) is 7.70. The number of nitrogens with zero attached hydrogens (tertiary/aromatic N) is 3. The van der Waals surface area contributed by atoms with Gasteiger partial charge in [0.2, 0.25) is 0 Å². The molecule has 1 aromatic carbocycles. The molecule has 0 atom stereocenters. The molecule has 0 aliphatic carbocycles. The van der Waals surface area contributed by atoms with Gasteiger partial charge in [0, 0.05) is 37.9 Å². The molecule has 3 rings (SSSR count). The van der Waals surface area contributed by atoms with Crippen LogP contribution in [0.15, 0.2) is 52.9 Å². The van der Waals surface area contributed by atoms with Crippen LogP contribution >= 0.6 is 11.3 Å². The van der Waals surface area contributed by atoms with Gasteiger partial charge < -0.3 is 4.90 Å². The van der Waals surface area contributed by atoms with E-state index in [1.807, 2.05) is 43.3 Å². The van der Waals surface area contributed by atoms with Crippen molar-refractivity contribution in [3.8, 4) is 10.4 Å². The van der Waals surface area contributed by atoms with Gasteiger partial charge in [-0.25, -0.2) is 8.42 Å². The molecule has 0 aliphatic heterocycles. The Morgan fingerprint density at radius 3 is 2.60 bits per heavy atom. The predicted molar refractivity (Wildman–Crippen MR) is 101 cm³/mol. The molecule has 25 heavy (non-hydrogen) atoms. The smallest absolute Gasteiger partial charge is 0.252 e. The Balaban J connectivity index is 1.86. The van der Waals surface area contributed by atoms with Gasteiger partial charge in [-0.3, -0.25) is 5.10 Å². The van der Waals surface area contributed by atoms with E-state index in [2.05, 4.69) is 16.3 Å². The highest BCUT2D eigenvalue weighted by Gasteiger charge is 2.23. The molecule has 0 fully saturated rings. The Kier molecular flexibility index (Phi) is 4.94. The zero-order valence-corrected chi connectivity index (χ0v) is 15.9. The summed E-state index contributed by atoms with van der Waals surface area (Å²) < 4.78 is 27.2. The number of rotatable bonds is 6. The van der Waals surface area contributed by atoms with Crippen LogP contribution in [0, 0.1) is 0 Å². The first-order valence-corrected chi connectivity index (χ1v) is 9.96. The fraction of sp³-hybridized carbons (Fsp3) is 0.235. The predicted octanol–water partition coefficient (Wildman–Crippen LogP) is 3.02. The van der Waals surface area contributed by atoms with Crippen LogP contribution in [0.3, 0.4) is 0 Å². The van der Waals surface area contributed by atoms with Gasteiger partial charge in [0.15, 0.2) is 0 Å². The summed E-state index contributed by atoms with van der Waals surface area (Å²) >= 11 is 1.28. The van der Waals surface area contributed by atoms with Gasteiger partial charge in [0.1, 0.15) is 4.21 Å². The monoisotopic (exact) mass is 376 g/mol. The molecule has 3 aromatic rings. The second kappa shape index (κ2) is 6.99. The van der Waals surface area contributed by atoms with E-state index < -0.39 is 10.0 Å². The molecular weight excluding hydrogens is 356 g/mol. The molecule has 0 saturated carbocycles. The van der Waals surface area contributed by atoms with Crippen LogP contribution < -0.4 is 4.90 Å². The van der Waals surface area contributed by atoms with Gasteiger partial charge in [-0.05, 0) is 35.9 Å². The third-order valence-corrected chi connectivity index (χ3v) is 7.25. The standard InChI is InChI=1S/C17H20N4O2S2/c1-20(2)15-6-4-5-13(11-15)16-7-8-17(24-16)25(22,23)21(3)12-14-9-10-18-19-14/h4-11H,12H2,1-3H3,(H,18,19). The number of hydrogen-bond donors (Lipinski definition) is 1. The summed E-state index contributed by atoms with van der Waals surface area (Å²) in [6.45, 7) is 0.256. The molecule has 0 unspecified atom stereocenters. The summed E-state index contributed by atoms with van der Waals surface area (Å²) in [6.07, 6.45) is 1.61. The van der Waals surface area contributed by atoms with Crippen molar-refractivity contribution >= 4 is 27.0 Å². The number of anilines is 1. The third kappa shape index (κ3) is 3.76. The van der Waals surface area contributed by atoms with E-state index in [1.165, 1.54) is 15.6 Å². The molecular formula is C17H20N4O2S2. The van der Waals surface area contributed by atoms with E-state index >= 15 is 0 Å². The molecule has 132 valence electrons. The average Bonchev–Trinajstić information content (AvgIpc) is 3.26. The molecule has 8 heteroatoms. The van der Waals surface area contributed by atoms with Crippen molar-refractivity contribution in [2.45, 2.75) is 10.8 Å². The molecule has 0 saturated heterocycles. The van der Waals surface area contributed by atoms with E-state index in [-0.39, 0.29) is 6.54 Å². The lowest BCUT2D eigenvalue weighted by atomic mass is 10.1. The molecule has 0 spiro atoms. The fourth-order valence-corrected chi connectivity index (χ4v) is 5.06. The minimum absolute atomic E-state index is 0.256. The molecule has 0 radical (unpaired) electrons. The lowest BCUT2D eigenvalue weighted by Crippen LogP contribution is -2.25. The van der Waals surface area contributed by atoms with Crippen molar-refractivity contribution < 1.29 is 8.42 Å². The Morgan fingerprint density at radius 1 is 1.12 bits per heavy atom. The SMILES string of the molecule is CN(C)c1cccc(-c2ccc(S(=O)(=O)N(C)Cc3ccn[nH]3)s2)c1. The average molecular weight is 377 g/mol. The number of benzene rings is 1. The maximum atomic E-state index is 12.8. The number of nitrogens with one attached hydrogen (secondary N) is 1. The van der Waals surface area contributed by atoms with Gasteiger partial charge in [-0.1, -0.05) is 12.1 Å². The Morgan fingerprint density at radius 2 is 1.92 bits per heavy atom. The van der Waals surface area contributed by atoms with Gasteiger partial charge in [-0.2, -0.15) is 9.40 Å². The Bertz CT molecular complexity index is 947. The summed E-state index contributed by atoms with van der Waals surface area (Å²) in [4.78, 5) is 2.95. The Labute approximate surface area is 151 Å². The molecule has 2 aromatic heterocycles. The van der Waals surface area contributed by atoms with Crippen LogP contribution in [-0.4, -0.2) is 44.1 Å². The molecule has 0 bridgehead atoms. The molecule has 1 N–H and O–H groups in total. The van der Waals surface area contributed by atoms with Crippen molar-refractivity contribution in [3.05, 3.63) is 54.4 Å². The highest BCUT2D eigenvalue weighted by Crippen LogP contribution is 2.33. The van der Waals surface area contributed by atoms with Crippen LogP contribution in [0.2, 0.25) is 0 Å². The number of aromatic nitrogens is 2. The highest BCUT2D eigenvalue weighted by atomic mass is 32.2.